The quantitative estimate of drug-likeness (QED) is 0.807. The normalized spacial score (nSPS) is 18.1. The summed E-state index contributed by atoms with van der Waals surface area (Å²) in [5.41, 5.74) is 2.04. The van der Waals surface area contributed by atoms with Crippen LogP contribution in [0, 0.1) is 0 Å². The number of ether oxygens (including phenoxy) is 1. The molecule has 1 fully saturated rings. The van der Waals surface area contributed by atoms with Crippen LogP contribution in [-0.4, -0.2) is 28.2 Å². The maximum atomic E-state index is 5.37. The van der Waals surface area contributed by atoms with Gasteiger partial charge in [-0.1, -0.05) is 11.3 Å². The zero-order valence-electron chi connectivity index (χ0n) is 8.77. The van der Waals surface area contributed by atoms with Crippen LogP contribution < -0.4 is 0 Å². The molecule has 3 rings (SSSR count). The fourth-order valence-electron chi connectivity index (χ4n) is 2.14. The first-order valence-electron chi connectivity index (χ1n) is 5.43. The highest BCUT2D eigenvalue weighted by molar-refractivity contribution is 9.10. The largest absolute Gasteiger partial charge is 0.381 e. The van der Waals surface area contributed by atoms with E-state index in [9.17, 15) is 0 Å². The Hall–Kier alpha value is -0.940. The number of fused-ring (bicyclic) bond motifs is 1. The van der Waals surface area contributed by atoms with Crippen molar-refractivity contribution >= 4 is 27.0 Å². The van der Waals surface area contributed by atoms with Crippen molar-refractivity contribution < 1.29 is 4.74 Å². The van der Waals surface area contributed by atoms with Crippen molar-refractivity contribution in [1.29, 1.82) is 0 Å². The van der Waals surface area contributed by atoms with E-state index in [4.69, 9.17) is 4.74 Å². The monoisotopic (exact) mass is 281 g/mol. The second kappa shape index (κ2) is 4.14. The van der Waals surface area contributed by atoms with Gasteiger partial charge in [-0.2, -0.15) is 0 Å². The van der Waals surface area contributed by atoms with E-state index >= 15 is 0 Å². The third kappa shape index (κ3) is 1.64. The predicted octanol–water partition coefficient (Wildman–Crippen LogP) is 2.55. The molecule has 1 saturated heterocycles. The average molecular weight is 282 g/mol. The van der Waals surface area contributed by atoms with Crippen LogP contribution in [0.2, 0.25) is 0 Å². The predicted molar refractivity (Wildman–Crippen MR) is 64.3 cm³/mol. The number of nitrogens with zero attached hydrogens (tertiary/aromatic N) is 3. The summed E-state index contributed by atoms with van der Waals surface area (Å²) in [6.45, 7) is 1.63. The van der Waals surface area contributed by atoms with E-state index in [1.54, 1.807) is 0 Å². The van der Waals surface area contributed by atoms with Crippen molar-refractivity contribution in [2.24, 2.45) is 0 Å². The third-order valence-electron chi connectivity index (χ3n) is 2.98. The molecule has 0 amide bonds. The lowest BCUT2D eigenvalue weighted by Crippen LogP contribution is -2.20. The third-order valence-corrected chi connectivity index (χ3v) is 3.62. The van der Waals surface area contributed by atoms with Crippen molar-refractivity contribution in [3.63, 3.8) is 0 Å². The highest BCUT2D eigenvalue weighted by Crippen LogP contribution is 2.28. The molecule has 1 aromatic carbocycles. The lowest BCUT2D eigenvalue weighted by atomic mass is 10.1. The Kier molecular flexibility index (Phi) is 2.65. The number of benzene rings is 1. The number of hydrogen-bond donors (Lipinski definition) is 0. The second-order valence-electron chi connectivity index (χ2n) is 3.99. The van der Waals surface area contributed by atoms with E-state index in [1.165, 1.54) is 0 Å². The lowest BCUT2D eigenvalue weighted by molar-refractivity contribution is 0.0669. The summed E-state index contributed by atoms with van der Waals surface area (Å²) in [6.07, 6.45) is 2.03. The SMILES string of the molecule is Brc1cccc2nnn(C3CCOCC3)c12. The summed E-state index contributed by atoms with van der Waals surface area (Å²) < 4.78 is 8.45. The topological polar surface area (TPSA) is 39.9 Å². The van der Waals surface area contributed by atoms with E-state index in [0.717, 1.165) is 41.6 Å². The minimum absolute atomic E-state index is 0.414. The summed E-state index contributed by atoms with van der Waals surface area (Å²) in [5.74, 6) is 0. The first kappa shape index (κ1) is 10.2. The van der Waals surface area contributed by atoms with Gasteiger partial charge in [0.1, 0.15) is 11.0 Å². The fraction of sp³-hybridized carbons (Fsp3) is 0.455. The fourth-order valence-corrected chi connectivity index (χ4v) is 2.68. The second-order valence-corrected chi connectivity index (χ2v) is 4.84. The molecule has 0 saturated carbocycles. The molecule has 4 nitrogen and oxygen atoms in total. The van der Waals surface area contributed by atoms with E-state index in [0.29, 0.717) is 6.04 Å². The van der Waals surface area contributed by atoms with Crippen molar-refractivity contribution in [2.75, 3.05) is 13.2 Å². The molecule has 0 radical (unpaired) electrons. The molecule has 0 atom stereocenters. The minimum Gasteiger partial charge on any atom is -0.381 e. The molecule has 0 aliphatic carbocycles. The molecule has 0 spiro atoms. The van der Waals surface area contributed by atoms with Crippen LogP contribution >= 0.6 is 15.9 Å². The van der Waals surface area contributed by atoms with Crippen LogP contribution in [0.15, 0.2) is 22.7 Å². The van der Waals surface area contributed by atoms with Gasteiger partial charge in [0.15, 0.2) is 0 Å². The number of rotatable bonds is 1. The zero-order chi connectivity index (χ0) is 11.0. The van der Waals surface area contributed by atoms with Gasteiger partial charge < -0.3 is 4.74 Å². The Bertz CT molecular complexity index is 505. The van der Waals surface area contributed by atoms with E-state index in [2.05, 4.69) is 26.2 Å². The highest BCUT2D eigenvalue weighted by Gasteiger charge is 2.19. The van der Waals surface area contributed by atoms with Gasteiger partial charge >= 0.3 is 0 Å². The van der Waals surface area contributed by atoms with E-state index in [1.807, 2.05) is 22.9 Å². The number of aromatic nitrogens is 3. The van der Waals surface area contributed by atoms with Crippen molar-refractivity contribution in [2.45, 2.75) is 18.9 Å². The van der Waals surface area contributed by atoms with Crippen LogP contribution in [0.5, 0.6) is 0 Å². The minimum atomic E-state index is 0.414. The molecule has 5 heteroatoms. The van der Waals surface area contributed by atoms with Gasteiger partial charge in [-0.05, 0) is 40.9 Å². The summed E-state index contributed by atoms with van der Waals surface area (Å²) in [4.78, 5) is 0. The Morgan fingerprint density at radius 3 is 2.94 bits per heavy atom. The first-order chi connectivity index (χ1) is 7.86. The Balaban J connectivity index is 2.09. The van der Waals surface area contributed by atoms with Crippen LogP contribution in [0.4, 0.5) is 0 Å². The van der Waals surface area contributed by atoms with E-state index < -0.39 is 0 Å². The molecule has 1 aromatic heterocycles. The molecule has 84 valence electrons. The maximum absolute atomic E-state index is 5.37. The van der Waals surface area contributed by atoms with Crippen molar-refractivity contribution in [3.05, 3.63) is 22.7 Å². The Labute approximate surface area is 102 Å². The van der Waals surface area contributed by atoms with Crippen LogP contribution in [0.1, 0.15) is 18.9 Å². The van der Waals surface area contributed by atoms with Crippen LogP contribution in [0.25, 0.3) is 11.0 Å². The molecule has 2 aromatic rings. The van der Waals surface area contributed by atoms with Gasteiger partial charge in [0, 0.05) is 17.7 Å². The molecule has 2 heterocycles. The highest BCUT2D eigenvalue weighted by atomic mass is 79.9. The smallest absolute Gasteiger partial charge is 0.114 e. The van der Waals surface area contributed by atoms with Crippen LogP contribution in [0.3, 0.4) is 0 Å². The standard InChI is InChI=1S/C11H12BrN3O/c12-9-2-1-3-10-11(9)15(14-13-10)8-4-6-16-7-5-8/h1-3,8H,4-7H2. The average Bonchev–Trinajstić information content (AvgIpc) is 2.75. The van der Waals surface area contributed by atoms with Crippen molar-refractivity contribution in [1.82, 2.24) is 15.0 Å². The molecular formula is C11H12BrN3O. The summed E-state index contributed by atoms with van der Waals surface area (Å²) in [5, 5.41) is 8.46. The molecule has 0 N–H and O–H groups in total. The first-order valence-corrected chi connectivity index (χ1v) is 6.23. The van der Waals surface area contributed by atoms with Gasteiger partial charge in [0.2, 0.25) is 0 Å². The van der Waals surface area contributed by atoms with Crippen molar-refractivity contribution in [3.8, 4) is 0 Å². The van der Waals surface area contributed by atoms with Gasteiger partial charge in [0.05, 0.1) is 6.04 Å². The molecule has 1 aliphatic heterocycles. The van der Waals surface area contributed by atoms with Crippen LogP contribution in [-0.2, 0) is 4.74 Å². The molecule has 1 aliphatic rings. The lowest BCUT2D eigenvalue weighted by Gasteiger charge is -2.22. The molecular weight excluding hydrogens is 270 g/mol. The van der Waals surface area contributed by atoms with Gasteiger partial charge in [-0.3, -0.25) is 0 Å². The Morgan fingerprint density at radius 2 is 2.12 bits per heavy atom. The molecule has 0 unspecified atom stereocenters. The zero-order valence-corrected chi connectivity index (χ0v) is 10.4. The number of halogens is 1. The number of hydrogen-bond acceptors (Lipinski definition) is 3. The van der Waals surface area contributed by atoms with E-state index in [-0.39, 0.29) is 0 Å². The summed E-state index contributed by atoms with van der Waals surface area (Å²) >= 11 is 3.56. The molecule has 16 heavy (non-hydrogen) atoms. The summed E-state index contributed by atoms with van der Waals surface area (Å²) in [7, 11) is 0. The Morgan fingerprint density at radius 1 is 1.31 bits per heavy atom. The van der Waals surface area contributed by atoms with Gasteiger partial charge in [0.25, 0.3) is 0 Å². The van der Waals surface area contributed by atoms with Gasteiger partial charge in [-0.25, -0.2) is 4.68 Å². The van der Waals surface area contributed by atoms with Gasteiger partial charge in [-0.15, -0.1) is 5.10 Å². The number of para-hydroxylation sites is 1. The molecule has 0 bridgehead atoms. The maximum Gasteiger partial charge on any atom is 0.114 e. The summed E-state index contributed by atoms with van der Waals surface area (Å²) in [6, 6.07) is 6.41.